The minimum Gasteiger partial charge on any atom is -0.423 e. The van der Waals surface area contributed by atoms with E-state index in [9.17, 15) is 0 Å². The van der Waals surface area contributed by atoms with Crippen LogP contribution in [0.2, 0.25) is 0 Å². The molecule has 1 aliphatic rings. The molecule has 100 valence electrons. The van der Waals surface area contributed by atoms with Gasteiger partial charge in [0.05, 0.1) is 6.21 Å². The first-order chi connectivity index (χ1) is 9.77. The molecule has 2 aromatic rings. The van der Waals surface area contributed by atoms with Crippen LogP contribution in [0.4, 0.5) is 0 Å². The predicted molar refractivity (Wildman–Crippen MR) is 80.9 cm³/mol. The number of hydrogen-bond acceptors (Lipinski definition) is 4. The summed E-state index contributed by atoms with van der Waals surface area (Å²) in [5.74, 6) is 0.803. The Morgan fingerprint density at radius 1 is 0.900 bits per heavy atom. The highest BCUT2D eigenvalue weighted by Crippen LogP contribution is 2.20. The van der Waals surface area contributed by atoms with Gasteiger partial charge in [0, 0.05) is 5.56 Å². The minimum absolute atomic E-state index is 0.525. The number of benzene rings is 2. The van der Waals surface area contributed by atoms with Gasteiger partial charge in [0.1, 0.15) is 0 Å². The van der Waals surface area contributed by atoms with Gasteiger partial charge in [-0.3, -0.25) is 0 Å². The van der Waals surface area contributed by atoms with Crippen LogP contribution in [0.3, 0.4) is 0 Å². The first-order valence-corrected chi connectivity index (χ1v) is 6.14. The Labute approximate surface area is 117 Å². The Hall–Kier alpha value is -2.37. The zero-order valence-corrected chi connectivity index (χ0v) is 10.8. The number of fused-ring (bicyclic) bond motifs is 1. The largest absolute Gasteiger partial charge is 0.488 e. The van der Waals surface area contributed by atoms with Gasteiger partial charge >= 0.3 is 7.12 Å². The van der Waals surface area contributed by atoms with E-state index in [-0.39, 0.29) is 0 Å². The van der Waals surface area contributed by atoms with Gasteiger partial charge < -0.3 is 14.9 Å². The maximum Gasteiger partial charge on any atom is 0.488 e. The summed E-state index contributed by atoms with van der Waals surface area (Å²) in [6.45, 7) is 0. The van der Waals surface area contributed by atoms with Crippen LogP contribution in [0.5, 0.6) is 5.75 Å². The third kappa shape index (κ3) is 4.08. The summed E-state index contributed by atoms with van der Waals surface area (Å²) < 4.78 is 0. The molecule has 5 heteroatoms. The van der Waals surface area contributed by atoms with Crippen molar-refractivity contribution in [1.82, 2.24) is 0 Å². The average molecular weight is 267 g/mol. The Bertz CT molecular complexity index is 597. The fourth-order valence-electron chi connectivity index (χ4n) is 1.60. The van der Waals surface area contributed by atoms with Crippen molar-refractivity contribution in [3.05, 3.63) is 66.2 Å². The van der Waals surface area contributed by atoms with Crippen molar-refractivity contribution in [2.24, 2.45) is 5.16 Å². The lowest BCUT2D eigenvalue weighted by Crippen LogP contribution is -2.29. The summed E-state index contributed by atoms with van der Waals surface area (Å²) >= 11 is 0. The lowest BCUT2D eigenvalue weighted by Gasteiger charge is -1.98. The highest BCUT2D eigenvalue weighted by Gasteiger charge is 2.07. The Morgan fingerprint density at radius 3 is 2.30 bits per heavy atom. The monoisotopic (exact) mass is 267 g/mol. The second-order valence-electron chi connectivity index (χ2n) is 4.03. The first kappa shape index (κ1) is 14.1. The van der Waals surface area contributed by atoms with Gasteiger partial charge in [-0.2, -0.15) is 0 Å². The summed E-state index contributed by atoms with van der Waals surface area (Å²) in [7, 11) is -1.34. The van der Waals surface area contributed by atoms with Crippen molar-refractivity contribution in [3.63, 3.8) is 0 Å². The number of hydrogen-bond donors (Lipinski definition) is 2. The number of para-hydroxylation sites is 1. The highest BCUT2D eigenvalue weighted by molar-refractivity contribution is 6.58. The van der Waals surface area contributed by atoms with Crippen LogP contribution in [0, 0.1) is 0 Å². The maximum absolute atomic E-state index is 8.58. The molecule has 0 saturated carbocycles. The van der Waals surface area contributed by atoms with Crippen molar-refractivity contribution in [1.29, 1.82) is 0 Å². The summed E-state index contributed by atoms with van der Waals surface area (Å²) in [6.07, 6.45) is 5.44. The number of allylic oxidation sites excluding steroid dienone is 1. The van der Waals surface area contributed by atoms with Crippen molar-refractivity contribution in [2.75, 3.05) is 0 Å². The maximum atomic E-state index is 8.58. The average Bonchev–Trinajstić information content (AvgIpc) is 2.74. The van der Waals surface area contributed by atoms with Crippen LogP contribution in [-0.4, -0.2) is 23.4 Å². The molecule has 2 aromatic carbocycles. The Morgan fingerprint density at radius 2 is 1.60 bits per heavy atom. The van der Waals surface area contributed by atoms with Crippen molar-refractivity contribution < 1.29 is 14.9 Å². The zero-order chi connectivity index (χ0) is 14.2. The predicted octanol–water partition coefficient (Wildman–Crippen LogP) is 1.44. The van der Waals surface area contributed by atoms with E-state index in [0.29, 0.717) is 5.46 Å². The van der Waals surface area contributed by atoms with E-state index in [0.717, 1.165) is 11.3 Å². The Kier molecular flexibility index (Phi) is 5.11. The standard InChI is InChI=1S/C9H7NO.C6H7BO2/c1-2-6-9-8(4-1)5-3-7-10-11-9;8-7(9)6-4-2-1-3-5-6/h1-7H;1-5,8-9H. The van der Waals surface area contributed by atoms with E-state index in [1.54, 1.807) is 30.5 Å². The molecule has 0 spiro atoms. The molecule has 0 saturated heterocycles. The first-order valence-electron chi connectivity index (χ1n) is 6.14. The van der Waals surface area contributed by atoms with Crippen LogP contribution in [-0.2, 0) is 0 Å². The third-order valence-corrected chi connectivity index (χ3v) is 2.59. The second kappa shape index (κ2) is 7.28. The third-order valence-electron chi connectivity index (χ3n) is 2.59. The molecule has 2 N–H and O–H groups in total. The molecule has 0 bridgehead atoms. The number of oxime groups is 1. The lowest BCUT2D eigenvalue weighted by atomic mass is 9.81. The molecular weight excluding hydrogens is 253 g/mol. The van der Waals surface area contributed by atoms with Gasteiger partial charge in [-0.05, 0) is 23.7 Å². The summed E-state index contributed by atoms with van der Waals surface area (Å²) in [5, 5.41) is 20.9. The van der Waals surface area contributed by atoms with Crippen LogP contribution < -0.4 is 10.3 Å². The molecule has 0 atom stereocenters. The summed E-state index contributed by atoms with van der Waals surface area (Å²) in [5.41, 5.74) is 1.59. The van der Waals surface area contributed by atoms with E-state index in [4.69, 9.17) is 14.9 Å². The van der Waals surface area contributed by atoms with Gasteiger partial charge in [-0.15, -0.1) is 0 Å². The van der Waals surface area contributed by atoms with Crippen LogP contribution in [0.1, 0.15) is 5.56 Å². The molecule has 4 nitrogen and oxygen atoms in total. The molecule has 3 rings (SSSR count). The fourth-order valence-corrected chi connectivity index (χ4v) is 1.60. The topological polar surface area (TPSA) is 62.0 Å². The summed E-state index contributed by atoms with van der Waals surface area (Å²) in [6, 6.07) is 16.4. The molecule has 0 fully saturated rings. The summed E-state index contributed by atoms with van der Waals surface area (Å²) in [4.78, 5) is 5.06. The molecule has 1 aliphatic heterocycles. The van der Waals surface area contributed by atoms with E-state index in [2.05, 4.69) is 5.16 Å². The smallest absolute Gasteiger partial charge is 0.423 e. The van der Waals surface area contributed by atoms with E-state index < -0.39 is 7.12 Å². The van der Waals surface area contributed by atoms with E-state index >= 15 is 0 Å². The van der Waals surface area contributed by atoms with Crippen LogP contribution >= 0.6 is 0 Å². The molecule has 20 heavy (non-hydrogen) atoms. The molecule has 0 aromatic heterocycles. The van der Waals surface area contributed by atoms with Gasteiger partial charge in [-0.1, -0.05) is 53.7 Å². The number of nitrogens with zero attached hydrogens (tertiary/aromatic N) is 1. The van der Waals surface area contributed by atoms with Crippen molar-refractivity contribution >= 4 is 24.9 Å². The minimum atomic E-state index is -1.34. The van der Waals surface area contributed by atoms with Crippen molar-refractivity contribution in [3.8, 4) is 5.75 Å². The van der Waals surface area contributed by atoms with Gasteiger partial charge in [0.15, 0.2) is 5.75 Å². The van der Waals surface area contributed by atoms with Crippen LogP contribution in [0.25, 0.3) is 6.08 Å². The Balaban J connectivity index is 0.000000151. The SMILES string of the molecule is C1=Cc2ccccc2ON=C1.OB(O)c1ccccc1. The van der Waals surface area contributed by atoms with Crippen molar-refractivity contribution in [2.45, 2.75) is 0 Å². The molecule has 0 radical (unpaired) electrons. The second-order valence-corrected chi connectivity index (χ2v) is 4.03. The quantitative estimate of drug-likeness (QED) is 0.768. The fraction of sp³-hybridized carbons (Fsp3) is 0. The molecule has 0 amide bonds. The highest BCUT2D eigenvalue weighted by atomic mass is 16.6. The van der Waals surface area contributed by atoms with E-state index in [1.807, 2.05) is 42.5 Å². The van der Waals surface area contributed by atoms with Gasteiger partial charge in [-0.25, -0.2) is 0 Å². The van der Waals surface area contributed by atoms with E-state index in [1.165, 1.54) is 0 Å². The zero-order valence-electron chi connectivity index (χ0n) is 10.8. The van der Waals surface area contributed by atoms with Gasteiger partial charge in [0.2, 0.25) is 0 Å². The normalized spacial score (nSPS) is 11.5. The number of rotatable bonds is 1. The molecule has 0 unspecified atom stereocenters. The molecular formula is C15H14BNO3. The van der Waals surface area contributed by atoms with Crippen LogP contribution in [0.15, 0.2) is 65.8 Å². The molecule has 0 aliphatic carbocycles. The molecule has 1 heterocycles. The van der Waals surface area contributed by atoms with Gasteiger partial charge in [0.25, 0.3) is 0 Å². The lowest BCUT2D eigenvalue weighted by molar-refractivity contribution is 0.344.